The molecule has 0 aliphatic carbocycles. The van der Waals surface area contributed by atoms with Crippen LogP contribution in [0.2, 0.25) is 4.34 Å². The average molecular weight is 408 g/mol. The van der Waals surface area contributed by atoms with E-state index in [-0.39, 0.29) is 17.7 Å². The standard InChI is InChI=1S/C14H10BrCl2FN2S/c1-7(12-2-3-13(17)21-12)20-11-5-9(18)8(15)4-10(11)19-14(20)6-16/h2-5,7H,6H2,1H3. The molecule has 0 spiro atoms. The van der Waals surface area contributed by atoms with E-state index in [0.29, 0.717) is 15.8 Å². The van der Waals surface area contributed by atoms with Crippen LogP contribution < -0.4 is 0 Å². The van der Waals surface area contributed by atoms with Crippen LogP contribution in [0.3, 0.4) is 0 Å². The van der Waals surface area contributed by atoms with Gasteiger partial charge < -0.3 is 4.57 Å². The van der Waals surface area contributed by atoms with E-state index in [0.717, 1.165) is 14.7 Å². The van der Waals surface area contributed by atoms with Gasteiger partial charge in [0.25, 0.3) is 0 Å². The van der Waals surface area contributed by atoms with Gasteiger partial charge in [-0.25, -0.2) is 9.37 Å². The molecule has 1 aromatic carbocycles. The molecule has 1 atom stereocenters. The van der Waals surface area contributed by atoms with Crippen molar-refractivity contribution in [1.29, 1.82) is 0 Å². The fourth-order valence-electron chi connectivity index (χ4n) is 2.35. The van der Waals surface area contributed by atoms with Gasteiger partial charge in [-0.1, -0.05) is 11.6 Å². The zero-order valence-corrected chi connectivity index (χ0v) is 14.8. The number of nitrogens with zero attached hydrogens (tertiary/aromatic N) is 2. The summed E-state index contributed by atoms with van der Waals surface area (Å²) in [4.78, 5) is 5.57. The Bertz CT molecular complexity index is 815. The number of aromatic nitrogens is 2. The Morgan fingerprint density at radius 2 is 2.19 bits per heavy atom. The van der Waals surface area contributed by atoms with E-state index in [1.807, 2.05) is 23.6 Å². The summed E-state index contributed by atoms with van der Waals surface area (Å²) in [7, 11) is 0. The van der Waals surface area contributed by atoms with Crippen LogP contribution in [-0.4, -0.2) is 9.55 Å². The Labute approximate surface area is 143 Å². The monoisotopic (exact) mass is 406 g/mol. The molecule has 110 valence electrons. The molecular formula is C14H10BrCl2FN2S. The lowest BCUT2D eigenvalue weighted by atomic mass is 10.2. The molecule has 0 aliphatic heterocycles. The van der Waals surface area contributed by atoms with E-state index in [4.69, 9.17) is 23.2 Å². The summed E-state index contributed by atoms with van der Waals surface area (Å²) in [6, 6.07) is 6.96. The molecule has 0 N–H and O–H groups in total. The molecule has 0 radical (unpaired) electrons. The quantitative estimate of drug-likeness (QED) is 0.486. The van der Waals surface area contributed by atoms with E-state index < -0.39 is 0 Å². The number of fused-ring (bicyclic) bond motifs is 1. The Morgan fingerprint density at radius 1 is 1.43 bits per heavy atom. The normalized spacial score (nSPS) is 13.0. The van der Waals surface area contributed by atoms with Crippen molar-refractivity contribution in [3.63, 3.8) is 0 Å². The van der Waals surface area contributed by atoms with Crippen LogP contribution >= 0.6 is 50.5 Å². The van der Waals surface area contributed by atoms with Gasteiger partial charge in [0, 0.05) is 10.9 Å². The summed E-state index contributed by atoms with van der Waals surface area (Å²) in [6.45, 7) is 2.03. The maximum Gasteiger partial charge on any atom is 0.139 e. The SMILES string of the molecule is CC(c1ccc(Cl)s1)n1c(CCl)nc2cc(Br)c(F)cc21. The number of alkyl halides is 1. The van der Waals surface area contributed by atoms with Crippen molar-refractivity contribution in [1.82, 2.24) is 9.55 Å². The van der Waals surface area contributed by atoms with Gasteiger partial charge in [0.15, 0.2) is 0 Å². The lowest BCUT2D eigenvalue weighted by Crippen LogP contribution is -2.08. The van der Waals surface area contributed by atoms with Crippen molar-refractivity contribution in [2.24, 2.45) is 0 Å². The van der Waals surface area contributed by atoms with Crippen molar-refractivity contribution in [2.45, 2.75) is 18.8 Å². The number of hydrogen-bond donors (Lipinski definition) is 0. The highest BCUT2D eigenvalue weighted by Gasteiger charge is 2.19. The minimum absolute atomic E-state index is 0.0122. The largest absolute Gasteiger partial charge is 0.319 e. The van der Waals surface area contributed by atoms with Gasteiger partial charge >= 0.3 is 0 Å². The second kappa shape index (κ2) is 5.88. The summed E-state index contributed by atoms with van der Waals surface area (Å²) in [5, 5.41) is 0. The van der Waals surface area contributed by atoms with Gasteiger partial charge in [0.2, 0.25) is 0 Å². The van der Waals surface area contributed by atoms with E-state index in [9.17, 15) is 4.39 Å². The Hall–Kier alpha value is -0.620. The van der Waals surface area contributed by atoms with Gasteiger partial charge in [-0.2, -0.15) is 0 Å². The maximum atomic E-state index is 13.9. The number of thiophene rings is 1. The summed E-state index contributed by atoms with van der Waals surface area (Å²) < 4.78 is 17.0. The van der Waals surface area contributed by atoms with Crippen LogP contribution in [-0.2, 0) is 5.88 Å². The van der Waals surface area contributed by atoms with E-state index >= 15 is 0 Å². The molecule has 0 fully saturated rings. The molecule has 0 saturated heterocycles. The second-order valence-corrected chi connectivity index (χ2v) is 7.47. The predicted octanol–water partition coefficient (Wildman–Crippen LogP) is 6.00. The van der Waals surface area contributed by atoms with Gasteiger partial charge in [0.1, 0.15) is 11.6 Å². The first kappa shape index (κ1) is 15.3. The summed E-state index contributed by atoms with van der Waals surface area (Å²) in [5.74, 6) is 0.652. The molecule has 0 amide bonds. The molecular weight excluding hydrogens is 398 g/mol. The molecule has 0 aliphatic rings. The van der Waals surface area contributed by atoms with Crippen LogP contribution in [0.4, 0.5) is 4.39 Å². The molecule has 2 aromatic heterocycles. The van der Waals surface area contributed by atoms with Crippen molar-refractivity contribution >= 4 is 61.5 Å². The van der Waals surface area contributed by atoms with Gasteiger partial charge in [-0.05, 0) is 41.1 Å². The Kier molecular flexibility index (Phi) is 4.28. The van der Waals surface area contributed by atoms with Crippen molar-refractivity contribution in [2.75, 3.05) is 0 Å². The molecule has 0 saturated carbocycles. The number of imidazole rings is 1. The first-order chi connectivity index (χ1) is 10.0. The molecule has 2 nitrogen and oxygen atoms in total. The predicted molar refractivity (Wildman–Crippen MR) is 90.1 cm³/mol. The minimum Gasteiger partial charge on any atom is -0.319 e. The third-order valence-electron chi connectivity index (χ3n) is 3.32. The Morgan fingerprint density at radius 3 is 2.81 bits per heavy atom. The summed E-state index contributed by atoms with van der Waals surface area (Å²) in [5.41, 5.74) is 1.44. The van der Waals surface area contributed by atoms with E-state index in [1.54, 1.807) is 6.07 Å². The summed E-state index contributed by atoms with van der Waals surface area (Å²) in [6.07, 6.45) is 0. The van der Waals surface area contributed by atoms with Gasteiger partial charge in [-0.3, -0.25) is 0 Å². The Balaban J connectivity index is 2.22. The van der Waals surface area contributed by atoms with Crippen LogP contribution in [0.1, 0.15) is 23.7 Å². The third kappa shape index (κ3) is 2.72. The first-order valence-corrected chi connectivity index (χ1v) is 8.70. The molecule has 3 aromatic rings. The lowest BCUT2D eigenvalue weighted by Gasteiger charge is -2.15. The van der Waals surface area contributed by atoms with E-state index in [2.05, 4.69) is 20.9 Å². The van der Waals surface area contributed by atoms with Gasteiger partial charge in [-0.15, -0.1) is 22.9 Å². The molecule has 0 bridgehead atoms. The fourth-order valence-corrected chi connectivity index (χ4v) is 3.97. The van der Waals surface area contributed by atoms with Crippen LogP contribution in [0, 0.1) is 5.82 Å². The van der Waals surface area contributed by atoms with Crippen molar-refractivity contribution in [3.8, 4) is 0 Å². The smallest absolute Gasteiger partial charge is 0.139 e. The molecule has 21 heavy (non-hydrogen) atoms. The number of rotatable bonds is 3. The van der Waals surface area contributed by atoms with Crippen molar-refractivity contribution in [3.05, 3.63) is 49.6 Å². The van der Waals surface area contributed by atoms with Crippen LogP contribution in [0.5, 0.6) is 0 Å². The highest BCUT2D eigenvalue weighted by molar-refractivity contribution is 9.10. The van der Waals surface area contributed by atoms with Crippen LogP contribution in [0.25, 0.3) is 11.0 Å². The molecule has 2 heterocycles. The first-order valence-electron chi connectivity index (χ1n) is 6.18. The highest BCUT2D eigenvalue weighted by Crippen LogP contribution is 2.34. The van der Waals surface area contributed by atoms with E-state index in [1.165, 1.54) is 17.4 Å². The average Bonchev–Trinajstić information content (AvgIpc) is 3.02. The van der Waals surface area contributed by atoms with Crippen molar-refractivity contribution < 1.29 is 4.39 Å². The molecule has 1 unspecified atom stereocenters. The zero-order valence-electron chi connectivity index (χ0n) is 10.9. The molecule has 3 rings (SSSR count). The number of benzene rings is 1. The fraction of sp³-hybridized carbons (Fsp3) is 0.214. The topological polar surface area (TPSA) is 17.8 Å². The number of halogens is 4. The summed E-state index contributed by atoms with van der Waals surface area (Å²) >= 11 is 16.7. The third-order valence-corrected chi connectivity index (χ3v) is 5.57. The number of hydrogen-bond acceptors (Lipinski definition) is 2. The second-order valence-electron chi connectivity index (χ2n) is 4.60. The minimum atomic E-state index is -0.318. The molecule has 7 heteroatoms. The van der Waals surface area contributed by atoms with Crippen LogP contribution in [0.15, 0.2) is 28.7 Å². The lowest BCUT2D eigenvalue weighted by molar-refractivity contribution is 0.616. The highest BCUT2D eigenvalue weighted by atomic mass is 79.9. The zero-order chi connectivity index (χ0) is 15.1. The van der Waals surface area contributed by atoms with Gasteiger partial charge in [0.05, 0.1) is 31.8 Å². The maximum absolute atomic E-state index is 13.9.